The Morgan fingerprint density at radius 1 is 1.08 bits per heavy atom. The third kappa shape index (κ3) is 6.54. The highest BCUT2D eigenvalue weighted by atomic mass is 16.5. The molecular formula is C20H37N3O3. The molecule has 0 atom stereocenters. The molecule has 0 aromatic rings. The number of rotatable bonds is 7. The number of nitrogens with one attached hydrogen (secondary N) is 2. The zero-order valence-corrected chi connectivity index (χ0v) is 16.8. The van der Waals surface area contributed by atoms with Gasteiger partial charge in [0.15, 0.2) is 0 Å². The first-order chi connectivity index (χ1) is 12.4. The first-order valence-corrected chi connectivity index (χ1v) is 10.3. The minimum Gasteiger partial charge on any atom is -0.379 e. The van der Waals surface area contributed by atoms with Gasteiger partial charge in [-0.05, 0) is 50.0 Å². The van der Waals surface area contributed by atoms with Crippen molar-refractivity contribution in [2.45, 2.75) is 65.3 Å². The molecule has 0 spiro atoms. The summed E-state index contributed by atoms with van der Waals surface area (Å²) in [7, 11) is 0. The summed E-state index contributed by atoms with van der Waals surface area (Å²) in [5.74, 6) is -0.257. The van der Waals surface area contributed by atoms with E-state index in [2.05, 4.69) is 36.3 Å². The molecule has 0 unspecified atom stereocenters. The highest BCUT2D eigenvalue weighted by Gasteiger charge is 2.32. The number of carbonyl (C=O) groups is 2. The van der Waals surface area contributed by atoms with Gasteiger partial charge in [-0.25, -0.2) is 0 Å². The Labute approximate surface area is 158 Å². The topological polar surface area (TPSA) is 70.7 Å². The second-order valence-corrected chi connectivity index (χ2v) is 8.43. The summed E-state index contributed by atoms with van der Waals surface area (Å²) in [5, 5.41) is 5.67. The molecule has 1 saturated carbocycles. The molecule has 1 aliphatic carbocycles. The minimum atomic E-state index is -0.497. The van der Waals surface area contributed by atoms with Gasteiger partial charge in [-0.3, -0.25) is 14.5 Å². The van der Waals surface area contributed by atoms with Gasteiger partial charge in [0.05, 0.1) is 13.2 Å². The van der Waals surface area contributed by atoms with Gasteiger partial charge in [0.25, 0.3) is 0 Å². The van der Waals surface area contributed by atoms with Crippen LogP contribution in [0.15, 0.2) is 0 Å². The smallest absolute Gasteiger partial charge is 0.309 e. The Kier molecular flexibility index (Phi) is 8.35. The molecule has 2 amide bonds. The van der Waals surface area contributed by atoms with Crippen LogP contribution in [0.2, 0.25) is 0 Å². The summed E-state index contributed by atoms with van der Waals surface area (Å²) in [6, 6.07) is 0.144. The normalized spacial score (nSPS) is 24.9. The predicted octanol–water partition coefficient (Wildman–Crippen LogP) is 1.94. The van der Waals surface area contributed by atoms with Gasteiger partial charge >= 0.3 is 11.8 Å². The average Bonchev–Trinajstić information content (AvgIpc) is 2.66. The number of nitrogens with zero attached hydrogens (tertiary/aromatic N) is 1. The molecule has 6 heteroatoms. The van der Waals surface area contributed by atoms with Crippen LogP contribution in [0.3, 0.4) is 0 Å². The standard InChI is InChI=1S/C20H37N3O3/c1-4-20(2,3)16-6-8-17(9-7-16)22-19(25)18(24)21-10-5-11-23-12-14-26-15-13-23/h16-17H,4-15H2,1-3H3,(H,21,24)(H,22,25). The summed E-state index contributed by atoms with van der Waals surface area (Å²) in [4.78, 5) is 26.4. The van der Waals surface area contributed by atoms with Crippen molar-refractivity contribution in [1.82, 2.24) is 15.5 Å². The van der Waals surface area contributed by atoms with Crippen molar-refractivity contribution in [3.05, 3.63) is 0 Å². The second kappa shape index (κ2) is 10.3. The van der Waals surface area contributed by atoms with Crippen LogP contribution >= 0.6 is 0 Å². The van der Waals surface area contributed by atoms with Crippen molar-refractivity contribution in [3.63, 3.8) is 0 Å². The molecule has 1 saturated heterocycles. The lowest BCUT2D eigenvalue weighted by molar-refractivity contribution is -0.139. The fourth-order valence-corrected chi connectivity index (χ4v) is 3.97. The van der Waals surface area contributed by atoms with Gasteiger partial charge in [0, 0.05) is 25.7 Å². The van der Waals surface area contributed by atoms with E-state index in [9.17, 15) is 9.59 Å². The first-order valence-electron chi connectivity index (χ1n) is 10.3. The number of ether oxygens (including phenoxy) is 1. The summed E-state index contributed by atoms with van der Waals surface area (Å²) in [6.45, 7) is 11.9. The summed E-state index contributed by atoms with van der Waals surface area (Å²) in [5.41, 5.74) is 0.368. The number of amides is 2. The maximum absolute atomic E-state index is 12.1. The first kappa shape index (κ1) is 21.2. The Balaban J connectivity index is 1.59. The molecule has 6 nitrogen and oxygen atoms in total. The van der Waals surface area contributed by atoms with Gasteiger partial charge in [0.1, 0.15) is 0 Å². The predicted molar refractivity (Wildman–Crippen MR) is 103 cm³/mol. The molecule has 26 heavy (non-hydrogen) atoms. The average molecular weight is 368 g/mol. The Bertz CT molecular complexity index is 453. The van der Waals surface area contributed by atoms with E-state index in [1.165, 1.54) is 6.42 Å². The van der Waals surface area contributed by atoms with E-state index in [4.69, 9.17) is 4.74 Å². The largest absolute Gasteiger partial charge is 0.379 e. The Hall–Kier alpha value is -1.14. The maximum atomic E-state index is 12.1. The molecule has 2 N–H and O–H groups in total. The Morgan fingerprint density at radius 2 is 1.73 bits per heavy atom. The van der Waals surface area contributed by atoms with Crippen LogP contribution < -0.4 is 10.6 Å². The zero-order chi connectivity index (χ0) is 19.0. The maximum Gasteiger partial charge on any atom is 0.309 e. The number of hydrogen-bond acceptors (Lipinski definition) is 4. The van der Waals surface area contributed by atoms with Crippen molar-refractivity contribution < 1.29 is 14.3 Å². The van der Waals surface area contributed by atoms with E-state index in [0.29, 0.717) is 12.0 Å². The summed E-state index contributed by atoms with van der Waals surface area (Å²) >= 11 is 0. The lowest BCUT2D eigenvalue weighted by Gasteiger charge is -2.39. The van der Waals surface area contributed by atoms with Crippen molar-refractivity contribution >= 4 is 11.8 Å². The second-order valence-electron chi connectivity index (χ2n) is 8.43. The molecule has 2 rings (SSSR count). The highest BCUT2D eigenvalue weighted by Crippen LogP contribution is 2.40. The van der Waals surface area contributed by atoms with Gasteiger partial charge in [-0.2, -0.15) is 0 Å². The monoisotopic (exact) mass is 367 g/mol. The van der Waals surface area contributed by atoms with Gasteiger partial charge < -0.3 is 15.4 Å². The van der Waals surface area contributed by atoms with Crippen LogP contribution in [-0.2, 0) is 14.3 Å². The third-order valence-electron chi connectivity index (χ3n) is 6.33. The fraction of sp³-hybridized carbons (Fsp3) is 0.900. The molecule has 150 valence electrons. The molecule has 0 radical (unpaired) electrons. The van der Waals surface area contributed by atoms with E-state index >= 15 is 0 Å². The molecule has 0 aromatic heterocycles. The fourth-order valence-electron chi connectivity index (χ4n) is 3.97. The van der Waals surface area contributed by atoms with Crippen LogP contribution in [0.25, 0.3) is 0 Å². The van der Waals surface area contributed by atoms with Crippen molar-refractivity contribution in [2.75, 3.05) is 39.4 Å². The highest BCUT2D eigenvalue weighted by molar-refractivity contribution is 6.35. The van der Waals surface area contributed by atoms with E-state index in [1.807, 2.05) is 0 Å². The third-order valence-corrected chi connectivity index (χ3v) is 6.33. The van der Waals surface area contributed by atoms with Crippen molar-refractivity contribution in [1.29, 1.82) is 0 Å². The van der Waals surface area contributed by atoms with Gasteiger partial charge in [0.2, 0.25) is 0 Å². The summed E-state index contributed by atoms with van der Waals surface area (Å²) in [6.07, 6.45) is 6.26. The molecule has 1 aliphatic heterocycles. The lowest BCUT2D eigenvalue weighted by Crippen LogP contribution is -2.47. The van der Waals surface area contributed by atoms with Gasteiger partial charge in [-0.1, -0.05) is 27.2 Å². The molecule has 0 bridgehead atoms. The quantitative estimate of drug-likeness (QED) is 0.533. The molecular weight excluding hydrogens is 330 g/mol. The van der Waals surface area contributed by atoms with E-state index < -0.39 is 11.8 Å². The SMILES string of the molecule is CCC(C)(C)C1CCC(NC(=O)C(=O)NCCCN2CCOCC2)CC1. The number of hydrogen-bond donors (Lipinski definition) is 2. The van der Waals surface area contributed by atoms with Crippen LogP contribution in [0, 0.1) is 11.3 Å². The Morgan fingerprint density at radius 3 is 2.35 bits per heavy atom. The van der Waals surface area contributed by atoms with Crippen LogP contribution in [0.1, 0.15) is 59.3 Å². The minimum absolute atomic E-state index is 0.144. The van der Waals surface area contributed by atoms with Crippen LogP contribution in [0.5, 0.6) is 0 Å². The zero-order valence-electron chi connectivity index (χ0n) is 16.8. The van der Waals surface area contributed by atoms with E-state index in [-0.39, 0.29) is 6.04 Å². The lowest BCUT2D eigenvalue weighted by atomic mass is 9.69. The van der Waals surface area contributed by atoms with E-state index in [0.717, 1.165) is 70.9 Å². The van der Waals surface area contributed by atoms with Gasteiger partial charge in [-0.15, -0.1) is 0 Å². The molecule has 1 heterocycles. The van der Waals surface area contributed by atoms with Crippen LogP contribution in [-0.4, -0.2) is 62.1 Å². The van der Waals surface area contributed by atoms with Crippen molar-refractivity contribution in [3.8, 4) is 0 Å². The van der Waals surface area contributed by atoms with Crippen molar-refractivity contribution in [2.24, 2.45) is 11.3 Å². The molecule has 0 aromatic carbocycles. The van der Waals surface area contributed by atoms with Crippen LogP contribution in [0.4, 0.5) is 0 Å². The molecule has 2 fully saturated rings. The number of morpholine rings is 1. The summed E-state index contributed by atoms with van der Waals surface area (Å²) < 4.78 is 5.31. The molecule has 2 aliphatic rings. The van der Waals surface area contributed by atoms with E-state index in [1.54, 1.807) is 0 Å². The number of carbonyl (C=O) groups excluding carboxylic acids is 2.